The molecule has 1 aromatic heterocycles. The maximum atomic E-state index is 13.8. The number of carboxylic acid groups (broad SMARTS) is 1. The van der Waals surface area contributed by atoms with Crippen LogP contribution in [0.1, 0.15) is 71.9 Å². The first-order valence-electron chi connectivity index (χ1n) is 18.0. The topological polar surface area (TPSA) is 159 Å². The Morgan fingerprint density at radius 3 is 2.00 bits per heavy atom. The number of carbonyl (C=O) groups excluding carboxylic acids is 3. The molecule has 0 radical (unpaired) electrons. The molecule has 1 heterocycles. The number of hydrogen-bond acceptors (Lipinski definition) is 10. The Labute approximate surface area is 318 Å². The highest BCUT2D eigenvalue weighted by Crippen LogP contribution is 2.39. The third kappa shape index (κ3) is 12.2. The van der Waals surface area contributed by atoms with Crippen LogP contribution in [0.4, 0.5) is 10.7 Å². The average Bonchev–Trinajstić information content (AvgIpc) is 3.55. The number of aliphatic carboxylic acids is 1. The number of methoxy groups -OCH3 is 1. The SMILES string of the molecule is COC(=O)c1ccc(CCc2ccc(NC(=O)c3c(NC(=O)c4cccc(OCCOCCOCCOCCC(=O)O)c4)sc4c3CCCC4)cc2)cc1. The van der Waals surface area contributed by atoms with Crippen molar-refractivity contribution >= 4 is 45.8 Å². The summed E-state index contributed by atoms with van der Waals surface area (Å²) in [4.78, 5) is 50.6. The van der Waals surface area contributed by atoms with Gasteiger partial charge in [0.15, 0.2) is 0 Å². The number of benzene rings is 3. The van der Waals surface area contributed by atoms with E-state index in [1.807, 2.05) is 36.4 Å². The number of rotatable bonds is 21. The molecule has 54 heavy (non-hydrogen) atoms. The molecule has 1 aliphatic rings. The van der Waals surface area contributed by atoms with Crippen molar-refractivity contribution in [2.75, 3.05) is 64.0 Å². The van der Waals surface area contributed by atoms with Crippen LogP contribution in [0, 0.1) is 0 Å². The Balaban J connectivity index is 1.10. The minimum Gasteiger partial charge on any atom is -0.491 e. The zero-order valence-corrected chi connectivity index (χ0v) is 31.2. The molecule has 0 fully saturated rings. The lowest BCUT2D eigenvalue weighted by atomic mass is 9.95. The maximum Gasteiger partial charge on any atom is 0.337 e. The lowest BCUT2D eigenvalue weighted by molar-refractivity contribution is -0.138. The highest BCUT2D eigenvalue weighted by molar-refractivity contribution is 7.17. The van der Waals surface area contributed by atoms with Gasteiger partial charge in [-0.3, -0.25) is 14.4 Å². The molecule has 2 amide bonds. The zero-order valence-electron chi connectivity index (χ0n) is 30.4. The van der Waals surface area contributed by atoms with Crippen molar-refractivity contribution in [3.8, 4) is 5.75 Å². The van der Waals surface area contributed by atoms with Gasteiger partial charge >= 0.3 is 11.9 Å². The van der Waals surface area contributed by atoms with Crippen LogP contribution in [-0.4, -0.2) is 82.2 Å². The molecule has 13 heteroatoms. The normalized spacial score (nSPS) is 12.1. The first kappa shape index (κ1) is 40.1. The Bertz CT molecular complexity index is 1860. The lowest BCUT2D eigenvalue weighted by Crippen LogP contribution is -2.18. The van der Waals surface area contributed by atoms with Crippen molar-refractivity contribution in [3.05, 3.63) is 111 Å². The number of carbonyl (C=O) groups is 4. The Morgan fingerprint density at radius 2 is 1.33 bits per heavy atom. The Morgan fingerprint density at radius 1 is 0.704 bits per heavy atom. The van der Waals surface area contributed by atoms with Gasteiger partial charge < -0.3 is 39.4 Å². The average molecular weight is 759 g/mol. The van der Waals surface area contributed by atoms with Gasteiger partial charge in [-0.25, -0.2) is 4.79 Å². The third-order valence-electron chi connectivity index (χ3n) is 8.71. The van der Waals surface area contributed by atoms with Gasteiger partial charge in [-0.1, -0.05) is 30.3 Å². The van der Waals surface area contributed by atoms with Gasteiger partial charge in [0.1, 0.15) is 17.4 Å². The quantitative estimate of drug-likeness (QED) is 0.0624. The number of thiophene rings is 1. The highest BCUT2D eigenvalue weighted by atomic mass is 32.1. The van der Waals surface area contributed by atoms with Crippen LogP contribution >= 0.6 is 11.3 Å². The maximum absolute atomic E-state index is 13.8. The van der Waals surface area contributed by atoms with E-state index >= 15 is 0 Å². The fourth-order valence-electron chi connectivity index (χ4n) is 5.88. The van der Waals surface area contributed by atoms with E-state index < -0.39 is 5.97 Å². The van der Waals surface area contributed by atoms with E-state index in [1.54, 1.807) is 36.4 Å². The number of hydrogen-bond donors (Lipinski definition) is 3. The largest absolute Gasteiger partial charge is 0.491 e. The summed E-state index contributed by atoms with van der Waals surface area (Å²) >= 11 is 1.46. The van der Waals surface area contributed by atoms with Crippen LogP contribution in [0.5, 0.6) is 5.75 Å². The van der Waals surface area contributed by atoms with Gasteiger partial charge in [-0.05, 0) is 97.7 Å². The number of anilines is 2. The first-order chi connectivity index (χ1) is 26.3. The van der Waals surface area contributed by atoms with Crippen molar-refractivity contribution in [2.45, 2.75) is 44.9 Å². The molecule has 0 atom stereocenters. The summed E-state index contributed by atoms with van der Waals surface area (Å²) in [7, 11) is 1.36. The van der Waals surface area contributed by atoms with Crippen LogP contribution in [0.25, 0.3) is 0 Å². The van der Waals surface area contributed by atoms with Gasteiger partial charge in [-0.2, -0.15) is 0 Å². The van der Waals surface area contributed by atoms with E-state index in [9.17, 15) is 19.2 Å². The molecule has 0 saturated heterocycles. The Hall–Kier alpha value is -5.08. The molecular weight excluding hydrogens is 713 g/mol. The summed E-state index contributed by atoms with van der Waals surface area (Å²) in [5.41, 5.74) is 5.33. The van der Waals surface area contributed by atoms with Crippen molar-refractivity contribution in [3.63, 3.8) is 0 Å². The van der Waals surface area contributed by atoms with Crippen molar-refractivity contribution in [1.29, 1.82) is 0 Å². The molecule has 4 aromatic rings. The summed E-state index contributed by atoms with van der Waals surface area (Å²) in [6, 6.07) is 22.0. The second-order valence-corrected chi connectivity index (χ2v) is 13.7. The Kier molecular flexibility index (Phi) is 15.6. The molecule has 1 aliphatic carbocycles. The van der Waals surface area contributed by atoms with E-state index in [4.69, 9.17) is 28.8 Å². The summed E-state index contributed by atoms with van der Waals surface area (Å²) in [6.45, 7) is 2.16. The number of fused-ring (bicyclic) bond motifs is 1. The molecule has 3 aromatic carbocycles. The van der Waals surface area contributed by atoms with E-state index in [0.29, 0.717) is 66.2 Å². The minimum atomic E-state index is -0.898. The number of esters is 1. The molecule has 0 spiro atoms. The van der Waals surface area contributed by atoms with Crippen LogP contribution in [0.3, 0.4) is 0 Å². The molecule has 5 rings (SSSR count). The monoisotopic (exact) mass is 758 g/mol. The molecular formula is C41H46N2O10S. The van der Waals surface area contributed by atoms with Crippen molar-refractivity contribution in [1.82, 2.24) is 0 Å². The number of aryl methyl sites for hydroxylation is 3. The predicted molar refractivity (Wildman–Crippen MR) is 205 cm³/mol. The lowest BCUT2D eigenvalue weighted by Gasteiger charge is -2.14. The molecule has 286 valence electrons. The fraction of sp³-hybridized carbons (Fsp3) is 0.366. The summed E-state index contributed by atoms with van der Waals surface area (Å²) < 4.78 is 26.7. The van der Waals surface area contributed by atoms with E-state index in [0.717, 1.165) is 60.1 Å². The molecule has 0 bridgehead atoms. The molecule has 3 N–H and O–H groups in total. The molecule has 0 unspecified atom stereocenters. The van der Waals surface area contributed by atoms with Crippen molar-refractivity contribution < 1.29 is 48.0 Å². The van der Waals surface area contributed by atoms with Gasteiger partial charge in [0.25, 0.3) is 11.8 Å². The smallest absolute Gasteiger partial charge is 0.337 e. The van der Waals surface area contributed by atoms with Gasteiger partial charge in [0.2, 0.25) is 0 Å². The van der Waals surface area contributed by atoms with Crippen LogP contribution in [-0.2, 0) is 49.4 Å². The number of ether oxygens (including phenoxy) is 5. The second kappa shape index (κ2) is 21.0. The van der Waals surface area contributed by atoms with Gasteiger partial charge in [0, 0.05) is 16.1 Å². The number of amides is 2. The van der Waals surface area contributed by atoms with E-state index in [2.05, 4.69) is 10.6 Å². The molecule has 12 nitrogen and oxygen atoms in total. The standard InChI is InChI=1S/C41H46N2O10S/c1-49-41(48)30-15-11-28(12-16-30)9-10-29-13-17-32(18-14-29)42-39(47)37-34-7-2-3-8-35(34)54-40(37)43-38(46)31-5-4-6-33(27-31)53-26-25-52-24-23-51-22-21-50-20-19-36(44)45/h4-6,11-18,27H,2-3,7-10,19-26H2,1H3,(H,42,47)(H,43,46)(H,44,45). The predicted octanol–water partition coefficient (Wildman–Crippen LogP) is 6.61. The summed E-state index contributed by atoms with van der Waals surface area (Å²) in [6.07, 6.45) is 5.24. The fourth-order valence-corrected chi connectivity index (χ4v) is 7.16. The molecule has 0 saturated carbocycles. The van der Waals surface area contributed by atoms with Crippen LogP contribution in [0.15, 0.2) is 72.8 Å². The third-order valence-corrected chi connectivity index (χ3v) is 9.92. The number of nitrogens with one attached hydrogen (secondary N) is 2. The van der Waals surface area contributed by atoms with E-state index in [1.165, 1.54) is 18.4 Å². The van der Waals surface area contributed by atoms with Crippen molar-refractivity contribution in [2.24, 2.45) is 0 Å². The van der Waals surface area contributed by atoms with Gasteiger partial charge in [0.05, 0.1) is 64.3 Å². The second-order valence-electron chi connectivity index (χ2n) is 12.6. The summed E-state index contributed by atoms with van der Waals surface area (Å²) in [5.74, 6) is -1.33. The minimum absolute atomic E-state index is 0.0356. The molecule has 0 aliphatic heterocycles. The van der Waals surface area contributed by atoms with Crippen LogP contribution < -0.4 is 15.4 Å². The highest BCUT2D eigenvalue weighted by Gasteiger charge is 2.27. The van der Waals surface area contributed by atoms with E-state index in [-0.39, 0.29) is 37.4 Å². The zero-order chi connectivity index (χ0) is 38.1. The van der Waals surface area contributed by atoms with Gasteiger partial charge in [-0.15, -0.1) is 11.3 Å². The first-order valence-corrected chi connectivity index (χ1v) is 18.8. The summed E-state index contributed by atoms with van der Waals surface area (Å²) in [5, 5.41) is 15.2. The van der Waals surface area contributed by atoms with Crippen LogP contribution in [0.2, 0.25) is 0 Å². The number of carboxylic acids is 1.